The van der Waals surface area contributed by atoms with Crippen LogP contribution in [0.2, 0.25) is 0 Å². The summed E-state index contributed by atoms with van der Waals surface area (Å²) < 4.78 is 5.45. The molecule has 19 heavy (non-hydrogen) atoms. The molecule has 3 nitrogen and oxygen atoms in total. The molecule has 1 unspecified atom stereocenters. The molecule has 0 spiro atoms. The van der Waals surface area contributed by atoms with Crippen molar-refractivity contribution in [3.8, 4) is 16.3 Å². The van der Waals surface area contributed by atoms with Crippen LogP contribution in [-0.2, 0) is 0 Å². The average molecular weight is 276 g/mol. The molecular formula is C15H20N2OS. The Bertz CT molecular complexity index is 507. The van der Waals surface area contributed by atoms with Crippen molar-refractivity contribution in [1.29, 1.82) is 0 Å². The van der Waals surface area contributed by atoms with Gasteiger partial charge in [-0.25, -0.2) is 4.98 Å². The third kappa shape index (κ3) is 3.55. The lowest BCUT2D eigenvalue weighted by molar-refractivity contribution is 0.340. The Hall–Kier alpha value is -1.39. The van der Waals surface area contributed by atoms with E-state index in [0.717, 1.165) is 28.6 Å². The van der Waals surface area contributed by atoms with Crippen molar-refractivity contribution in [3.05, 3.63) is 35.3 Å². The van der Waals surface area contributed by atoms with Gasteiger partial charge in [0.2, 0.25) is 0 Å². The fourth-order valence-corrected chi connectivity index (χ4v) is 2.81. The van der Waals surface area contributed by atoms with Gasteiger partial charge in [0, 0.05) is 17.0 Å². The molecule has 1 aromatic heterocycles. The molecule has 1 aromatic carbocycles. The summed E-state index contributed by atoms with van der Waals surface area (Å²) in [5, 5.41) is 6.56. The van der Waals surface area contributed by atoms with E-state index < -0.39 is 0 Å². The van der Waals surface area contributed by atoms with Crippen molar-refractivity contribution in [2.24, 2.45) is 0 Å². The number of hydrogen-bond donors (Lipinski definition) is 1. The molecule has 0 aliphatic heterocycles. The zero-order valence-electron chi connectivity index (χ0n) is 11.6. The number of nitrogens with one attached hydrogen (secondary N) is 1. The fourth-order valence-electron chi connectivity index (χ4n) is 1.89. The van der Waals surface area contributed by atoms with E-state index in [1.807, 2.05) is 19.1 Å². The molecule has 4 heteroatoms. The molecule has 0 bridgehead atoms. The minimum Gasteiger partial charge on any atom is -0.494 e. The minimum absolute atomic E-state index is 0.303. The van der Waals surface area contributed by atoms with Crippen molar-refractivity contribution >= 4 is 11.3 Å². The third-order valence-corrected chi connectivity index (χ3v) is 3.80. The van der Waals surface area contributed by atoms with E-state index in [-0.39, 0.29) is 0 Å². The van der Waals surface area contributed by atoms with E-state index in [2.05, 4.69) is 41.7 Å². The fraction of sp³-hybridized carbons (Fsp3) is 0.400. The van der Waals surface area contributed by atoms with Crippen LogP contribution < -0.4 is 10.1 Å². The normalized spacial score (nSPS) is 12.4. The van der Waals surface area contributed by atoms with Crippen LogP contribution in [0.5, 0.6) is 5.75 Å². The second kappa shape index (κ2) is 6.68. The van der Waals surface area contributed by atoms with Crippen LogP contribution in [0.15, 0.2) is 29.6 Å². The van der Waals surface area contributed by atoms with Crippen LogP contribution in [-0.4, -0.2) is 18.1 Å². The van der Waals surface area contributed by atoms with Gasteiger partial charge in [-0.15, -0.1) is 11.3 Å². The summed E-state index contributed by atoms with van der Waals surface area (Å²) in [5.41, 5.74) is 2.25. The molecule has 1 heterocycles. The summed E-state index contributed by atoms with van der Waals surface area (Å²) in [4.78, 5) is 4.69. The monoisotopic (exact) mass is 276 g/mol. The van der Waals surface area contributed by atoms with Crippen LogP contribution >= 0.6 is 11.3 Å². The molecule has 0 saturated carbocycles. The molecular weight excluding hydrogens is 256 g/mol. The Balaban J connectivity index is 2.13. The number of aromatic nitrogens is 1. The number of nitrogens with zero attached hydrogens (tertiary/aromatic N) is 1. The summed E-state index contributed by atoms with van der Waals surface area (Å²) in [7, 11) is 0. The first-order valence-electron chi connectivity index (χ1n) is 6.66. The predicted octanol–water partition coefficient (Wildman–Crippen LogP) is 3.88. The van der Waals surface area contributed by atoms with Gasteiger partial charge in [0.05, 0.1) is 12.3 Å². The Morgan fingerprint density at radius 2 is 2.00 bits per heavy atom. The maximum atomic E-state index is 5.45. The van der Waals surface area contributed by atoms with E-state index in [9.17, 15) is 0 Å². The topological polar surface area (TPSA) is 34.1 Å². The van der Waals surface area contributed by atoms with Gasteiger partial charge in [-0.2, -0.15) is 0 Å². The van der Waals surface area contributed by atoms with Crippen LogP contribution in [0.3, 0.4) is 0 Å². The molecule has 0 amide bonds. The first-order chi connectivity index (χ1) is 9.24. The number of benzene rings is 1. The zero-order valence-corrected chi connectivity index (χ0v) is 12.5. The van der Waals surface area contributed by atoms with Crippen molar-refractivity contribution < 1.29 is 4.74 Å². The lowest BCUT2D eigenvalue weighted by Crippen LogP contribution is -2.17. The van der Waals surface area contributed by atoms with Gasteiger partial charge < -0.3 is 10.1 Å². The number of ether oxygens (including phenoxy) is 1. The van der Waals surface area contributed by atoms with Gasteiger partial charge in [0.1, 0.15) is 10.8 Å². The lowest BCUT2D eigenvalue weighted by atomic mass is 10.2. The molecule has 1 N–H and O–H groups in total. The highest BCUT2D eigenvalue weighted by atomic mass is 32.1. The van der Waals surface area contributed by atoms with Gasteiger partial charge in [-0.05, 0) is 44.7 Å². The van der Waals surface area contributed by atoms with Gasteiger partial charge >= 0.3 is 0 Å². The highest BCUT2D eigenvalue weighted by Gasteiger charge is 2.10. The average Bonchev–Trinajstić information content (AvgIpc) is 2.90. The number of rotatable bonds is 6. The highest BCUT2D eigenvalue weighted by Crippen LogP contribution is 2.27. The summed E-state index contributed by atoms with van der Waals surface area (Å²) in [6.07, 6.45) is 0. The Labute approximate surface area is 118 Å². The van der Waals surface area contributed by atoms with E-state index in [1.165, 1.54) is 0 Å². The second-order valence-electron chi connectivity index (χ2n) is 4.31. The molecule has 1 atom stereocenters. The standard InChI is InChI=1S/C15H20N2OS/c1-4-16-11(3)14-10-19-15(17-14)12-6-8-13(9-7-12)18-5-2/h6-11,16H,4-5H2,1-3H3. The van der Waals surface area contributed by atoms with Crippen LogP contribution in [0.4, 0.5) is 0 Å². The van der Waals surface area contributed by atoms with Gasteiger partial charge in [0.15, 0.2) is 0 Å². The largest absolute Gasteiger partial charge is 0.494 e. The number of thiazole rings is 1. The summed E-state index contributed by atoms with van der Waals surface area (Å²) >= 11 is 1.68. The van der Waals surface area contributed by atoms with E-state index in [0.29, 0.717) is 12.6 Å². The van der Waals surface area contributed by atoms with Crippen molar-refractivity contribution in [2.45, 2.75) is 26.8 Å². The smallest absolute Gasteiger partial charge is 0.123 e. The van der Waals surface area contributed by atoms with Crippen LogP contribution in [0.1, 0.15) is 32.5 Å². The number of hydrogen-bond acceptors (Lipinski definition) is 4. The highest BCUT2D eigenvalue weighted by molar-refractivity contribution is 7.13. The molecule has 2 rings (SSSR count). The molecule has 0 fully saturated rings. The van der Waals surface area contributed by atoms with Crippen LogP contribution in [0, 0.1) is 0 Å². The van der Waals surface area contributed by atoms with Crippen LogP contribution in [0.25, 0.3) is 10.6 Å². The first-order valence-corrected chi connectivity index (χ1v) is 7.54. The molecule has 0 saturated heterocycles. The van der Waals surface area contributed by atoms with Gasteiger partial charge in [-0.3, -0.25) is 0 Å². The van der Waals surface area contributed by atoms with E-state index in [1.54, 1.807) is 11.3 Å². The van der Waals surface area contributed by atoms with E-state index in [4.69, 9.17) is 4.74 Å². The van der Waals surface area contributed by atoms with E-state index >= 15 is 0 Å². The maximum absolute atomic E-state index is 5.45. The second-order valence-corrected chi connectivity index (χ2v) is 5.17. The van der Waals surface area contributed by atoms with Crippen molar-refractivity contribution in [3.63, 3.8) is 0 Å². The SMILES string of the molecule is CCNC(C)c1csc(-c2ccc(OCC)cc2)n1. The van der Waals surface area contributed by atoms with Gasteiger partial charge in [-0.1, -0.05) is 6.92 Å². The van der Waals surface area contributed by atoms with Crippen molar-refractivity contribution in [2.75, 3.05) is 13.2 Å². The lowest BCUT2D eigenvalue weighted by Gasteiger charge is -2.08. The summed E-state index contributed by atoms with van der Waals surface area (Å²) in [6.45, 7) is 7.89. The summed E-state index contributed by atoms with van der Waals surface area (Å²) in [6, 6.07) is 8.41. The summed E-state index contributed by atoms with van der Waals surface area (Å²) in [5.74, 6) is 0.907. The molecule has 0 radical (unpaired) electrons. The molecule has 102 valence electrons. The van der Waals surface area contributed by atoms with Crippen molar-refractivity contribution in [1.82, 2.24) is 10.3 Å². The zero-order chi connectivity index (χ0) is 13.7. The van der Waals surface area contributed by atoms with Gasteiger partial charge in [0.25, 0.3) is 0 Å². The molecule has 0 aliphatic carbocycles. The quantitative estimate of drug-likeness (QED) is 0.869. The predicted molar refractivity (Wildman–Crippen MR) is 80.8 cm³/mol. The Morgan fingerprint density at radius 1 is 1.26 bits per heavy atom. The first kappa shape index (κ1) is 14.0. The third-order valence-electron chi connectivity index (χ3n) is 2.89. The maximum Gasteiger partial charge on any atom is 0.123 e. The molecule has 2 aromatic rings. The Kier molecular flexibility index (Phi) is 4.93. The molecule has 0 aliphatic rings. The minimum atomic E-state index is 0.303. The Morgan fingerprint density at radius 3 is 2.63 bits per heavy atom.